The van der Waals surface area contributed by atoms with Crippen molar-refractivity contribution >= 4 is 40.3 Å². The summed E-state index contributed by atoms with van der Waals surface area (Å²) in [6.07, 6.45) is 1.72. The molecular formula is C31H33FN4O6. The summed E-state index contributed by atoms with van der Waals surface area (Å²) in [5, 5.41) is 2.70. The highest BCUT2D eigenvalue weighted by molar-refractivity contribution is 6.20. The number of nitrogens with one attached hydrogen (secondary N) is 1. The minimum Gasteiger partial charge on any atom is -0.408 e. The summed E-state index contributed by atoms with van der Waals surface area (Å²) in [5.74, 6) is -3.11. The Balaban J connectivity index is 1.36. The van der Waals surface area contributed by atoms with Gasteiger partial charge in [-0.3, -0.25) is 28.6 Å². The lowest BCUT2D eigenvalue weighted by Crippen LogP contribution is -2.60. The molecule has 5 rings (SSSR count). The van der Waals surface area contributed by atoms with E-state index in [-0.39, 0.29) is 73.6 Å². The molecule has 2 aliphatic heterocycles. The number of likely N-dealkylation sites (tertiary alicyclic amines) is 1. The number of hydrogen-bond donors (Lipinski definition) is 1. The van der Waals surface area contributed by atoms with Crippen LogP contribution in [-0.2, 0) is 20.9 Å². The molecule has 42 heavy (non-hydrogen) atoms. The summed E-state index contributed by atoms with van der Waals surface area (Å²) < 4.78 is 21.1. The Morgan fingerprint density at radius 2 is 1.83 bits per heavy atom. The third-order valence-corrected chi connectivity index (χ3v) is 8.22. The number of hydrogen-bond acceptors (Lipinski definition) is 6. The second-order valence-electron chi connectivity index (χ2n) is 11.3. The zero-order chi connectivity index (χ0) is 30.3. The topological polar surface area (TPSA) is 122 Å². The quantitative estimate of drug-likeness (QED) is 0.340. The van der Waals surface area contributed by atoms with Crippen LogP contribution in [0, 0.1) is 18.7 Å². The molecule has 10 nitrogen and oxygen atoms in total. The van der Waals surface area contributed by atoms with Gasteiger partial charge in [0.15, 0.2) is 11.4 Å². The fourth-order valence-electron chi connectivity index (χ4n) is 5.97. The van der Waals surface area contributed by atoms with E-state index in [1.54, 1.807) is 56.0 Å². The second kappa shape index (κ2) is 11.0. The van der Waals surface area contributed by atoms with Gasteiger partial charge in [0.25, 0.3) is 5.91 Å². The van der Waals surface area contributed by atoms with Crippen molar-refractivity contribution in [3.05, 3.63) is 76.5 Å². The molecule has 2 fully saturated rings. The number of rotatable bonds is 7. The van der Waals surface area contributed by atoms with E-state index in [1.165, 1.54) is 21.6 Å². The van der Waals surface area contributed by atoms with Gasteiger partial charge in [-0.2, -0.15) is 0 Å². The average molecular weight is 577 g/mol. The Bertz CT molecular complexity index is 1660. The number of allylic oxidation sites excluding steroid dienone is 1. The Labute approximate surface area is 241 Å². The van der Waals surface area contributed by atoms with E-state index in [4.69, 9.17) is 4.42 Å². The SMILES string of the molecule is C=CCn1c(=O)oc2cc(N3C(=O)CC(=O)C34CCN(C(=O)[C@H](NC(=O)c3cc(C)ccc3F)C(C)C)CC4)ccc21. The van der Waals surface area contributed by atoms with Crippen molar-refractivity contribution in [1.82, 2.24) is 14.8 Å². The summed E-state index contributed by atoms with van der Waals surface area (Å²) in [4.78, 5) is 68.3. The molecule has 1 aromatic heterocycles. The predicted molar refractivity (Wildman–Crippen MR) is 154 cm³/mol. The molecule has 0 bridgehead atoms. The van der Waals surface area contributed by atoms with Gasteiger partial charge in [0.1, 0.15) is 17.4 Å². The van der Waals surface area contributed by atoms with E-state index < -0.39 is 29.1 Å². The van der Waals surface area contributed by atoms with Crippen LogP contribution in [0.4, 0.5) is 10.1 Å². The lowest BCUT2D eigenvalue weighted by molar-refractivity contribution is -0.137. The van der Waals surface area contributed by atoms with E-state index >= 15 is 0 Å². The zero-order valence-electron chi connectivity index (χ0n) is 23.8. The maximum Gasteiger partial charge on any atom is 0.420 e. The van der Waals surface area contributed by atoms with Crippen LogP contribution < -0.4 is 16.0 Å². The molecule has 2 saturated heterocycles. The molecule has 3 amide bonds. The number of piperidine rings is 1. The number of carbonyl (C=O) groups is 4. The molecule has 3 heterocycles. The van der Waals surface area contributed by atoms with E-state index in [0.29, 0.717) is 16.8 Å². The predicted octanol–water partition coefficient (Wildman–Crippen LogP) is 3.35. The van der Waals surface area contributed by atoms with Crippen LogP contribution in [-0.4, -0.2) is 57.6 Å². The van der Waals surface area contributed by atoms with Crippen LogP contribution in [0.2, 0.25) is 0 Å². The van der Waals surface area contributed by atoms with Gasteiger partial charge in [-0.05, 0) is 49.9 Å². The van der Waals surface area contributed by atoms with Gasteiger partial charge in [-0.15, -0.1) is 6.58 Å². The van der Waals surface area contributed by atoms with Crippen molar-refractivity contribution in [2.75, 3.05) is 18.0 Å². The number of aryl methyl sites for hydroxylation is 1. The standard InChI is InChI=1S/C31H33FN4O6/c1-5-12-35-23-9-7-20(16-24(23)42-30(35)41)36-26(38)17-25(37)31(36)10-13-34(14-11-31)29(40)27(18(2)3)33-28(39)21-15-19(4)6-8-22(21)32/h5-9,15-16,18,27H,1,10-14,17H2,2-4H3,(H,33,39)/t27-/m1/s1. The molecule has 0 radical (unpaired) electrons. The summed E-state index contributed by atoms with van der Waals surface area (Å²) in [7, 11) is 0. The van der Waals surface area contributed by atoms with Crippen LogP contribution in [0.25, 0.3) is 11.1 Å². The number of Topliss-reactive ketones (excluding diaryl/α,β-unsaturated/α-hetero) is 1. The molecule has 1 spiro atoms. The number of anilines is 1. The van der Waals surface area contributed by atoms with Crippen molar-refractivity contribution < 1.29 is 28.0 Å². The number of carbonyl (C=O) groups excluding carboxylic acids is 4. The van der Waals surface area contributed by atoms with Crippen LogP contribution in [0.1, 0.15) is 49.0 Å². The molecule has 0 saturated carbocycles. The minimum absolute atomic E-state index is 0.135. The highest BCUT2D eigenvalue weighted by atomic mass is 19.1. The van der Waals surface area contributed by atoms with Crippen molar-refractivity contribution in [1.29, 1.82) is 0 Å². The van der Waals surface area contributed by atoms with Crippen molar-refractivity contribution in [2.45, 2.75) is 58.2 Å². The average Bonchev–Trinajstić information content (AvgIpc) is 3.39. The molecule has 2 aliphatic rings. The maximum absolute atomic E-state index is 14.3. The molecule has 0 unspecified atom stereocenters. The number of halogens is 1. The number of oxazole rings is 1. The highest BCUT2D eigenvalue weighted by Gasteiger charge is 2.55. The highest BCUT2D eigenvalue weighted by Crippen LogP contribution is 2.41. The van der Waals surface area contributed by atoms with Gasteiger partial charge < -0.3 is 14.6 Å². The van der Waals surface area contributed by atoms with Crippen LogP contribution in [0.15, 0.2) is 58.3 Å². The van der Waals surface area contributed by atoms with Crippen molar-refractivity contribution in [3.63, 3.8) is 0 Å². The largest absolute Gasteiger partial charge is 0.420 e. The Kier molecular flexibility index (Phi) is 7.61. The first kappa shape index (κ1) is 29.0. The summed E-state index contributed by atoms with van der Waals surface area (Å²) >= 11 is 0. The van der Waals surface area contributed by atoms with Gasteiger partial charge in [0, 0.05) is 31.4 Å². The maximum atomic E-state index is 14.3. The smallest absolute Gasteiger partial charge is 0.408 e. The summed E-state index contributed by atoms with van der Waals surface area (Å²) in [6.45, 7) is 9.61. The first-order valence-electron chi connectivity index (χ1n) is 13.9. The second-order valence-corrected chi connectivity index (χ2v) is 11.3. The summed E-state index contributed by atoms with van der Waals surface area (Å²) in [6, 6.07) is 8.25. The minimum atomic E-state index is -1.15. The molecule has 1 N–H and O–H groups in total. The first-order chi connectivity index (χ1) is 20.0. The first-order valence-corrected chi connectivity index (χ1v) is 13.9. The lowest BCUT2D eigenvalue weighted by Gasteiger charge is -2.44. The fraction of sp³-hybridized carbons (Fsp3) is 0.387. The monoisotopic (exact) mass is 576 g/mol. The number of nitrogens with zero attached hydrogens (tertiary/aromatic N) is 3. The van der Waals surface area contributed by atoms with Crippen LogP contribution >= 0.6 is 0 Å². The van der Waals surface area contributed by atoms with Crippen LogP contribution in [0.5, 0.6) is 0 Å². The number of aromatic nitrogens is 1. The van der Waals surface area contributed by atoms with Gasteiger partial charge in [-0.25, -0.2) is 9.18 Å². The Hall–Kier alpha value is -4.54. The molecular weight excluding hydrogens is 543 g/mol. The van der Waals surface area contributed by atoms with Crippen molar-refractivity contribution in [2.24, 2.45) is 5.92 Å². The number of amides is 3. The Morgan fingerprint density at radius 3 is 2.50 bits per heavy atom. The fourth-order valence-corrected chi connectivity index (χ4v) is 5.97. The molecule has 0 aliphatic carbocycles. The molecule has 2 aromatic carbocycles. The zero-order valence-corrected chi connectivity index (χ0v) is 23.8. The Morgan fingerprint density at radius 1 is 1.12 bits per heavy atom. The van der Waals surface area contributed by atoms with E-state index in [9.17, 15) is 28.4 Å². The number of benzene rings is 2. The van der Waals surface area contributed by atoms with Gasteiger partial charge in [-0.1, -0.05) is 31.6 Å². The van der Waals surface area contributed by atoms with E-state index in [1.807, 2.05) is 0 Å². The third-order valence-electron chi connectivity index (χ3n) is 8.22. The number of ketones is 1. The lowest BCUT2D eigenvalue weighted by atomic mass is 9.83. The van der Waals surface area contributed by atoms with Gasteiger partial charge in [0.2, 0.25) is 11.8 Å². The molecule has 3 aromatic rings. The third kappa shape index (κ3) is 4.93. The van der Waals surface area contributed by atoms with Gasteiger partial charge >= 0.3 is 5.76 Å². The normalized spacial score (nSPS) is 17.4. The van der Waals surface area contributed by atoms with Crippen LogP contribution in [0.3, 0.4) is 0 Å². The van der Waals surface area contributed by atoms with Crippen molar-refractivity contribution in [3.8, 4) is 0 Å². The molecule has 11 heteroatoms. The number of fused-ring (bicyclic) bond motifs is 1. The van der Waals surface area contributed by atoms with E-state index in [2.05, 4.69) is 11.9 Å². The molecule has 1 atom stereocenters. The van der Waals surface area contributed by atoms with Gasteiger partial charge in [0.05, 0.1) is 17.5 Å². The van der Waals surface area contributed by atoms with E-state index in [0.717, 1.165) is 0 Å². The molecule has 220 valence electrons. The summed E-state index contributed by atoms with van der Waals surface area (Å²) in [5.41, 5.74) is 0.700.